The van der Waals surface area contributed by atoms with Crippen molar-refractivity contribution in [3.8, 4) is 5.75 Å². The number of carbonyl (C=O) groups excluding carboxylic acids is 3. The lowest BCUT2D eigenvalue weighted by molar-refractivity contribution is -0.125. The number of alkyl halides is 1. The largest absolute Gasteiger partial charge is 0.494 e. The third-order valence-electron chi connectivity index (χ3n) is 10.0. The van der Waals surface area contributed by atoms with Crippen molar-refractivity contribution in [2.24, 2.45) is 22.5 Å². The number of aryl methyl sites for hydroxylation is 1. The van der Waals surface area contributed by atoms with Crippen molar-refractivity contribution in [3.63, 3.8) is 0 Å². The van der Waals surface area contributed by atoms with Gasteiger partial charge < -0.3 is 30.6 Å². The summed E-state index contributed by atoms with van der Waals surface area (Å²) in [6.45, 7) is 6.74. The summed E-state index contributed by atoms with van der Waals surface area (Å²) in [4.78, 5) is 44.2. The number of fused-ring (bicyclic) bond motifs is 1. The van der Waals surface area contributed by atoms with Crippen molar-refractivity contribution in [1.82, 2.24) is 15.6 Å². The minimum Gasteiger partial charge on any atom is -0.494 e. The second-order valence-electron chi connectivity index (χ2n) is 13.3. The fraction of sp³-hybridized carbons (Fsp3) is 0.429. The summed E-state index contributed by atoms with van der Waals surface area (Å²) in [5, 5.41) is 7.17. The molecule has 46 heavy (non-hydrogen) atoms. The van der Waals surface area contributed by atoms with Crippen LogP contribution in [-0.2, 0) is 14.3 Å². The van der Waals surface area contributed by atoms with E-state index in [4.69, 9.17) is 15.2 Å². The monoisotopic (exact) mass is 632 g/mol. The van der Waals surface area contributed by atoms with Gasteiger partial charge in [0.15, 0.2) is 6.17 Å². The van der Waals surface area contributed by atoms with Gasteiger partial charge in [0.2, 0.25) is 5.91 Å². The normalized spacial score (nSPS) is 27.2. The van der Waals surface area contributed by atoms with Gasteiger partial charge in [0.05, 0.1) is 12.5 Å². The number of pyridine rings is 1. The van der Waals surface area contributed by atoms with Crippen LogP contribution >= 0.6 is 0 Å². The van der Waals surface area contributed by atoms with Crippen LogP contribution in [0.3, 0.4) is 0 Å². The standard InChI is InChI=1S/C35H38F2N4O5/c1-18-8-20-10-21(11-26(45-5)29(20)39-14-18)31(43)40-15-35(16-42,22-6-7-22)27-13-24-30(46-17-33(24,3)32(38)44)34(4,41-27)23-9-19(2)28(37)25(36)12-23/h8-11,13-14,16,22,25,41H,6-7,12,15,17H2,1-5H3,(H2,38,44)(H,40,43)/t25?,33-,34?,35+/m0/s1. The number of aromatic nitrogens is 1. The average molecular weight is 633 g/mol. The van der Waals surface area contributed by atoms with Crippen LogP contribution in [-0.4, -0.2) is 55.1 Å². The Morgan fingerprint density at radius 2 is 1.98 bits per heavy atom. The quantitative estimate of drug-likeness (QED) is 0.338. The number of amides is 2. The number of dihydropyridines is 1. The Balaban J connectivity index is 1.41. The molecule has 242 valence electrons. The van der Waals surface area contributed by atoms with Crippen LogP contribution in [0, 0.1) is 23.7 Å². The molecule has 2 aliphatic carbocycles. The fourth-order valence-electron chi connectivity index (χ4n) is 6.92. The molecule has 3 heterocycles. The molecule has 4 N–H and O–H groups in total. The van der Waals surface area contributed by atoms with Crippen LogP contribution in [0.1, 0.15) is 56.0 Å². The Morgan fingerprint density at radius 3 is 2.61 bits per heavy atom. The van der Waals surface area contributed by atoms with Gasteiger partial charge in [-0.25, -0.2) is 8.78 Å². The lowest BCUT2D eigenvalue weighted by Crippen LogP contribution is -2.55. The van der Waals surface area contributed by atoms with Crippen LogP contribution in [0.5, 0.6) is 5.75 Å². The smallest absolute Gasteiger partial charge is 0.251 e. The zero-order valence-corrected chi connectivity index (χ0v) is 26.6. The molecule has 2 aromatic rings. The number of hydrogen-bond donors (Lipinski definition) is 3. The number of nitrogens with zero attached hydrogens (tertiary/aromatic N) is 1. The van der Waals surface area contributed by atoms with Gasteiger partial charge >= 0.3 is 0 Å². The Labute approximate surface area is 266 Å². The first-order chi connectivity index (χ1) is 21.8. The molecule has 4 aliphatic rings. The van der Waals surface area contributed by atoms with Crippen molar-refractivity contribution >= 4 is 29.0 Å². The Morgan fingerprint density at radius 1 is 1.24 bits per heavy atom. The molecule has 11 heteroatoms. The lowest BCUT2D eigenvalue weighted by Gasteiger charge is -2.45. The number of allylic oxidation sites excluding steroid dienone is 4. The van der Waals surface area contributed by atoms with Gasteiger partial charge in [-0.15, -0.1) is 0 Å². The van der Waals surface area contributed by atoms with E-state index in [0.29, 0.717) is 39.4 Å². The molecule has 0 bridgehead atoms. The summed E-state index contributed by atoms with van der Waals surface area (Å²) in [5.41, 5.74) is 5.65. The van der Waals surface area contributed by atoms with Crippen molar-refractivity contribution in [1.29, 1.82) is 0 Å². The molecule has 2 aliphatic heterocycles. The first kappa shape index (κ1) is 31.4. The number of nitrogens with one attached hydrogen (secondary N) is 2. The second kappa shape index (κ2) is 11.1. The van der Waals surface area contributed by atoms with Gasteiger partial charge in [0.25, 0.3) is 5.91 Å². The molecular weight excluding hydrogens is 594 g/mol. The van der Waals surface area contributed by atoms with E-state index in [1.807, 2.05) is 13.0 Å². The summed E-state index contributed by atoms with van der Waals surface area (Å²) < 4.78 is 41.0. The third kappa shape index (κ3) is 4.87. The van der Waals surface area contributed by atoms with Crippen LogP contribution in [0.15, 0.2) is 70.6 Å². The van der Waals surface area contributed by atoms with Gasteiger partial charge in [-0.2, -0.15) is 0 Å². The van der Waals surface area contributed by atoms with Crippen LogP contribution < -0.4 is 21.1 Å². The first-order valence-corrected chi connectivity index (χ1v) is 15.4. The summed E-state index contributed by atoms with van der Waals surface area (Å²) in [6.07, 6.45) is 5.23. The van der Waals surface area contributed by atoms with E-state index in [0.717, 1.165) is 30.1 Å². The molecule has 6 rings (SSSR count). The van der Waals surface area contributed by atoms with Gasteiger partial charge in [-0.1, -0.05) is 6.08 Å². The predicted octanol–water partition coefficient (Wildman–Crippen LogP) is 4.81. The maximum Gasteiger partial charge on any atom is 0.251 e. The molecule has 2 amide bonds. The molecule has 1 aromatic heterocycles. The highest BCUT2D eigenvalue weighted by Gasteiger charge is 2.57. The summed E-state index contributed by atoms with van der Waals surface area (Å²) in [7, 11) is 1.51. The van der Waals surface area contributed by atoms with Crippen molar-refractivity contribution < 1.29 is 32.6 Å². The molecule has 2 unspecified atom stereocenters. The lowest BCUT2D eigenvalue weighted by atomic mass is 9.70. The first-order valence-electron chi connectivity index (χ1n) is 15.4. The van der Waals surface area contributed by atoms with E-state index in [9.17, 15) is 23.2 Å². The highest BCUT2D eigenvalue weighted by molar-refractivity contribution is 6.00. The van der Waals surface area contributed by atoms with Gasteiger partial charge in [-0.3, -0.25) is 14.6 Å². The van der Waals surface area contributed by atoms with Crippen molar-refractivity contribution in [2.75, 3.05) is 20.3 Å². The highest BCUT2D eigenvalue weighted by atomic mass is 19.2. The van der Waals surface area contributed by atoms with Crippen molar-refractivity contribution in [2.45, 2.75) is 58.7 Å². The zero-order valence-electron chi connectivity index (χ0n) is 26.6. The maximum absolute atomic E-state index is 14.9. The minimum absolute atomic E-state index is 0.0457. The van der Waals surface area contributed by atoms with E-state index in [1.165, 1.54) is 14.0 Å². The van der Waals surface area contributed by atoms with E-state index < -0.39 is 40.2 Å². The molecule has 0 saturated heterocycles. The van der Waals surface area contributed by atoms with Gasteiger partial charge in [0.1, 0.15) is 46.7 Å². The summed E-state index contributed by atoms with van der Waals surface area (Å²) in [6, 6.07) is 5.25. The number of primary amides is 1. The minimum atomic E-state index is -1.85. The molecular formula is C35H38F2N4O5. The maximum atomic E-state index is 14.9. The summed E-state index contributed by atoms with van der Waals surface area (Å²) in [5.74, 6) is -1.17. The average Bonchev–Trinajstić information content (AvgIpc) is 3.82. The SMILES string of the molecule is COc1cc(C(=O)NC[C@](C=O)(C2=CC3=C(OC[C@]3(C)C(N)=O)C(C)(C3=CC(C)=C(F)C(F)C3)N2)C2CC2)cc2cc(C)cnc12. The molecule has 1 fully saturated rings. The van der Waals surface area contributed by atoms with Gasteiger partial charge in [-0.05, 0) is 87.4 Å². The summed E-state index contributed by atoms with van der Waals surface area (Å²) >= 11 is 0. The Hall–Kier alpha value is -4.54. The molecule has 1 aromatic carbocycles. The number of rotatable bonds is 9. The zero-order chi connectivity index (χ0) is 33.2. The molecule has 1 saturated carbocycles. The number of ether oxygens (including phenoxy) is 2. The second-order valence-corrected chi connectivity index (χ2v) is 13.3. The Kier molecular flexibility index (Phi) is 7.56. The number of carbonyl (C=O) groups is 3. The molecule has 0 spiro atoms. The van der Waals surface area contributed by atoms with Crippen LogP contribution in [0.25, 0.3) is 10.9 Å². The van der Waals surface area contributed by atoms with E-state index in [1.54, 1.807) is 44.3 Å². The third-order valence-corrected chi connectivity index (χ3v) is 10.0. The fourth-order valence-corrected chi connectivity index (χ4v) is 6.92. The Bertz CT molecular complexity index is 1810. The number of hydrogen-bond acceptors (Lipinski definition) is 7. The van der Waals surface area contributed by atoms with Crippen LogP contribution in [0.2, 0.25) is 0 Å². The predicted molar refractivity (Wildman–Crippen MR) is 168 cm³/mol. The van der Waals surface area contributed by atoms with Gasteiger partial charge in [0, 0.05) is 41.4 Å². The molecule has 4 atom stereocenters. The van der Waals surface area contributed by atoms with Crippen molar-refractivity contribution in [3.05, 3.63) is 81.7 Å². The topological polar surface area (TPSA) is 133 Å². The van der Waals surface area contributed by atoms with E-state index >= 15 is 0 Å². The van der Waals surface area contributed by atoms with E-state index in [-0.39, 0.29) is 31.1 Å². The number of halogens is 2. The van der Waals surface area contributed by atoms with Crippen LogP contribution in [0.4, 0.5) is 8.78 Å². The number of nitrogens with two attached hydrogens (primary N) is 1. The number of methoxy groups -OCH3 is 1. The number of benzene rings is 1. The van der Waals surface area contributed by atoms with E-state index in [2.05, 4.69) is 15.6 Å². The molecule has 0 radical (unpaired) electrons. The highest BCUT2D eigenvalue weighted by Crippen LogP contribution is 2.54. The molecule has 9 nitrogen and oxygen atoms in total. The number of aldehydes is 1.